The van der Waals surface area contributed by atoms with Crippen LogP contribution in [0.4, 0.5) is 0 Å². The van der Waals surface area contributed by atoms with E-state index in [2.05, 4.69) is 4.90 Å². The molecule has 4 heteroatoms. The second-order valence-electron chi connectivity index (χ2n) is 2.96. The molecule has 1 saturated heterocycles. The molecule has 0 aromatic heterocycles. The highest BCUT2D eigenvalue weighted by Crippen LogP contribution is 2.08. The van der Waals surface area contributed by atoms with Gasteiger partial charge in [0.25, 0.3) is 0 Å². The SMILES string of the molecule is NC(=O)CCN1CC[C@H](O)C1. The van der Waals surface area contributed by atoms with Crippen LogP contribution >= 0.6 is 0 Å². The Bertz CT molecular complexity index is 149. The highest BCUT2D eigenvalue weighted by molar-refractivity contribution is 5.73. The van der Waals surface area contributed by atoms with Crippen LogP contribution in [-0.2, 0) is 4.79 Å². The molecule has 1 heterocycles. The van der Waals surface area contributed by atoms with E-state index in [0.29, 0.717) is 19.5 Å². The van der Waals surface area contributed by atoms with Crippen LogP contribution < -0.4 is 5.73 Å². The molecule has 0 bridgehead atoms. The third-order valence-corrected chi connectivity index (χ3v) is 1.92. The second-order valence-corrected chi connectivity index (χ2v) is 2.96. The monoisotopic (exact) mass is 158 g/mol. The maximum atomic E-state index is 10.4. The number of rotatable bonds is 3. The first-order chi connectivity index (χ1) is 5.18. The number of amides is 1. The molecule has 0 unspecified atom stereocenters. The molecule has 0 aromatic carbocycles. The normalized spacial score (nSPS) is 25.7. The van der Waals surface area contributed by atoms with E-state index >= 15 is 0 Å². The number of hydrogen-bond donors (Lipinski definition) is 2. The average Bonchev–Trinajstić information content (AvgIpc) is 2.31. The molecular formula is C7H14N2O2. The van der Waals surface area contributed by atoms with Crippen molar-refractivity contribution >= 4 is 5.91 Å². The molecule has 0 radical (unpaired) electrons. The van der Waals surface area contributed by atoms with E-state index in [1.165, 1.54) is 0 Å². The molecule has 1 fully saturated rings. The number of hydrogen-bond acceptors (Lipinski definition) is 3. The Morgan fingerprint density at radius 2 is 2.45 bits per heavy atom. The van der Waals surface area contributed by atoms with Gasteiger partial charge >= 0.3 is 0 Å². The molecule has 11 heavy (non-hydrogen) atoms. The topological polar surface area (TPSA) is 66.6 Å². The van der Waals surface area contributed by atoms with Crippen molar-refractivity contribution in [3.63, 3.8) is 0 Å². The summed E-state index contributed by atoms with van der Waals surface area (Å²) in [4.78, 5) is 12.4. The number of nitrogens with two attached hydrogens (primary N) is 1. The Morgan fingerprint density at radius 3 is 2.91 bits per heavy atom. The molecule has 64 valence electrons. The molecule has 0 aromatic rings. The van der Waals surface area contributed by atoms with Crippen LogP contribution in [0.3, 0.4) is 0 Å². The third kappa shape index (κ3) is 2.86. The van der Waals surface area contributed by atoms with Crippen molar-refractivity contribution in [1.29, 1.82) is 0 Å². The van der Waals surface area contributed by atoms with Crippen LogP contribution in [0.1, 0.15) is 12.8 Å². The van der Waals surface area contributed by atoms with Crippen LogP contribution in [-0.4, -0.2) is 41.7 Å². The van der Waals surface area contributed by atoms with E-state index in [9.17, 15) is 4.79 Å². The summed E-state index contributed by atoms with van der Waals surface area (Å²) >= 11 is 0. The van der Waals surface area contributed by atoms with Gasteiger partial charge in [0.05, 0.1) is 6.10 Å². The van der Waals surface area contributed by atoms with Gasteiger partial charge in [-0.15, -0.1) is 0 Å². The van der Waals surface area contributed by atoms with Gasteiger partial charge < -0.3 is 15.7 Å². The first-order valence-corrected chi connectivity index (χ1v) is 3.87. The summed E-state index contributed by atoms with van der Waals surface area (Å²) < 4.78 is 0. The number of aliphatic hydroxyl groups excluding tert-OH is 1. The number of carbonyl (C=O) groups is 1. The minimum absolute atomic E-state index is 0.206. The average molecular weight is 158 g/mol. The number of β-amino-alcohol motifs (C(OH)–C–C–N with tert-alkyl or cyclic N) is 1. The summed E-state index contributed by atoms with van der Waals surface area (Å²) in [6.07, 6.45) is 1.01. The Balaban J connectivity index is 2.13. The van der Waals surface area contributed by atoms with Crippen LogP contribution in [0.25, 0.3) is 0 Å². The lowest BCUT2D eigenvalue weighted by atomic mass is 10.3. The third-order valence-electron chi connectivity index (χ3n) is 1.92. The predicted octanol–water partition coefficient (Wildman–Crippen LogP) is -1.07. The van der Waals surface area contributed by atoms with Crippen molar-refractivity contribution in [2.75, 3.05) is 19.6 Å². The number of likely N-dealkylation sites (tertiary alicyclic amines) is 1. The molecule has 1 aliphatic heterocycles. The van der Waals surface area contributed by atoms with Gasteiger partial charge in [-0.05, 0) is 6.42 Å². The molecule has 1 amide bonds. The fourth-order valence-corrected chi connectivity index (χ4v) is 1.28. The molecule has 4 nitrogen and oxygen atoms in total. The maximum absolute atomic E-state index is 10.4. The van der Waals surface area contributed by atoms with Crippen molar-refractivity contribution in [3.8, 4) is 0 Å². The Labute approximate surface area is 66.0 Å². The molecule has 1 rings (SSSR count). The summed E-state index contributed by atoms with van der Waals surface area (Å²) in [7, 11) is 0. The molecule has 1 atom stereocenters. The Morgan fingerprint density at radius 1 is 1.73 bits per heavy atom. The maximum Gasteiger partial charge on any atom is 0.218 e. The molecule has 3 N–H and O–H groups in total. The van der Waals surface area contributed by atoms with Crippen LogP contribution in [0.5, 0.6) is 0 Å². The summed E-state index contributed by atoms with van der Waals surface area (Å²) in [5.74, 6) is -0.272. The first kappa shape index (κ1) is 8.49. The van der Waals surface area contributed by atoms with Crippen LogP contribution in [0.15, 0.2) is 0 Å². The highest BCUT2D eigenvalue weighted by atomic mass is 16.3. The van der Waals surface area contributed by atoms with Crippen molar-refractivity contribution in [2.45, 2.75) is 18.9 Å². The summed E-state index contributed by atoms with van der Waals surface area (Å²) in [6.45, 7) is 2.26. The molecule has 0 spiro atoms. The van der Waals surface area contributed by atoms with E-state index < -0.39 is 0 Å². The number of primary amides is 1. The van der Waals surface area contributed by atoms with Gasteiger partial charge in [0.1, 0.15) is 0 Å². The van der Waals surface area contributed by atoms with Gasteiger partial charge in [-0.25, -0.2) is 0 Å². The first-order valence-electron chi connectivity index (χ1n) is 3.87. The Hall–Kier alpha value is -0.610. The molecule has 0 aliphatic carbocycles. The van der Waals surface area contributed by atoms with Gasteiger partial charge in [0.15, 0.2) is 0 Å². The van der Waals surface area contributed by atoms with Crippen molar-refractivity contribution in [3.05, 3.63) is 0 Å². The quantitative estimate of drug-likeness (QED) is 0.549. The fourth-order valence-electron chi connectivity index (χ4n) is 1.28. The lowest BCUT2D eigenvalue weighted by molar-refractivity contribution is -0.118. The minimum atomic E-state index is -0.272. The van der Waals surface area contributed by atoms with Crippen molar-refractivity contribution < 1.29 is 9.90 Å². The van der Waals surface area contributed by atoms with Gasteiger partial charge in [0.2, 0.25) is 5.91 Å². The minimum Gasteiger partial charge on any atom is -0.392 e. The zero-order chi connectivity index (χ0) is 8.27. The number of aliphatic hydroxyl groups is 1. The second kappa shape index (κ2) is 3.69. The smallest absolute Gasteiger partial charge is 0.218 e. The van der Waals surface area contributed by atoms with Crippen LogP contribution in [0, 0.1) is 0 Å². The summed E-state index contributed by atoms with van der Waals surface area (Å²) in [6, 6.07) is 0. The lowest BCUT2D eigenvalue weighted by Crippen LogP contribution is -2.26. The highest BCUT2D eigenvalue weighted by Gasteiger charge is 2.19. The molecule has 1 aliphatic rings. The number of carbonyl (C=O) groups excluding carboxylic acids is 1. The molecule has 0 saturated carbocycles. The van der Waals surface area contributed by atoms with Crippen LogP contribution in [0.2, 0.25) is 0 Å². The summed E-state index contributed by atoms with van der Waals surface area (Å²) in [5.41, 5.74) is 4.98. The van der Waals surface area contributed by atoms with E-state index in [1.54, 1.807) is 0 Å². The van der Waals surface area contributed by atoms with E-state index in [1.807, 2.05) is 0 Å². The lowest BCUT2D eigenvalue weighted by Gasteiger charge is -2.12. The zero-order valence-electron chi connectivity index (χ0n) is 6.49. The largest absolute Gasteiger partial charge is 0.392 e. The summed E-state index contributed by atoms with van der Waals surface area (Å²) in [5, 5.41) is 9.11. The predicted molar refractivity (Wildman–Crippen MR) is 40.9 cm³/mol. The standard InChI is InChI=1S/C7H14N2O2/c8-7(11)2-4-9-3-1-6(10)5-9/h6,10H,1-5H2,(H2,8,11)/t6-/m0/s1. The van der Waals surface area contributed by atoms with E-state index in [0.717, 1.165) is 13.0 Å². The van der Waals surface area contributed by atoms with Crippen molar-refractivity contribution in [2.24, 2.45) is 5.73 Å². The van der Waals surface area contributed by atoms with Crippen molar-refractivity contribution in [1.82, 2.24) is 4.90 Å². The number of nitrogens with zero attached hydrogens (tertiary/aromatic N) is 1. The van der Waals surface area contributed by atoms with E-state index in [-0.39, 0.29) is 12.0 Å². The van der Waals surface area contributed by atoms with Gasteiger partial charge in [-0.3, -0.25) is 4.79 Å². The molecular weight excluding hydrogens is 144 g/mol. The van der Waals surface area contributed by atoms with E-state index in [4.69, 9.17) is 10.8 Å². The Kier molecular flexibility index (Phi) is 2.84. The fraction of sp³-hybridized carbons (Fsp3) is 0.857. The van der Waals surface area contributed by atoms with Gasteiger partial charge in [-0.2, -0.15) is 0 Å². The zero-order valence-corrected chi connectivity index (χ0v) is 6.49. The van der Waals surface area contributed by atoms with Gasteiger partial charge in [0, 0.05) is 26.1 Å². The van der Waals surface area contributed by atoms with Gasteiger partial charge in [-0.1, -0.05) is 0 Å².